The molecule has 1 saturated heterocycles. The highest BCUT2D eigenvalue weighted by molar-refractivity contribution is 5.85. The van der Waals surface area contributed by atoms with Gasteiger partial charge in [0.15, 0.2) is 0 Å². The first-order valence-corrected chi connectivity index (χ1v) is 8.23. The zero-order valence-corrected chi connectivity index (χ0v) is 15.7. The second-order valence-corrected chi connectivity index (χ2v) is 6.52. The van der Waals surface area contributed by atoms with Gasteiger partial charge in [-0.2, -0.15) is 0 Å². The van der Waals surface area contributed by atoms with Crippen LogP contribution in [0.15, 0.2) is 24.3 Å². The van der Waals surface area contributed by atoms with Crippen LogP contribution in [0, 0.1) is 0 Å². The lowest BCUT2D eigenvalue weighted by atomic mass is 10.1. The normalized spacial score (nSPS) is 19.7. The number of nitrogens with one attached hydrogen (secondary N) is 1. The van der Waals surface area contributed by atoms with Crippen LogP contribution in [0.1, 0.15) is 25.3 Å². The number of piperazine rings is 1. The molecular formula is C17H28Cl2N4O. The molecule has 1 aromatic rings. The predicted molar refractivity (Wildman–Crippen MR) is 103 cm³/mol. The van der Waals surface area contributed by atoms with Crippen LogP contribution in [0.3, 0.4) is 0 Å². The van der Waals surface area contributed by atoms with Crippen molar-refractivity contribution in [3.63, 3.8) is 0 Å². The van der Waals surface area contributed by atoms with Crippen LogP contribution in [0.5, 0.6) is 0 Å². The summed E-state index contributed by atoms with van der Waals surface area (Å²) in [5, 5.41) is 3.10. The molecule has 0 radical (unpaired) electrons. The maximum atomic E-state index is 12.1. The summed E-state index contributed by atoms with van der Waals surface area (Å²) >= 11 is 0. The number of carbonyl (C=O) groups excluding carboxylic acids is 1. The molecule has 5 nitrogen and oxygen atoms in total. The lowest BCUT2D eigenvalue weighted by molar-refractivity contribution is -0.126. The second kappa shape index (κ2) is 9.47. The van der Waals surface area contributed by atoms with Gasteiger partial charge in [-0.15, -0.1) is 24.8 Å². The highest BCUT2D eigenvalue weighted by Crippen LogP contribution is 2.19. The van der Waals surface area contributed by atoms with Gasteiger partial charge in [0, 0.05) is 44.5 Å². The predicted octanol–water partition coefficient (Wildman–Crippen LogP) is 1.90. The summed E-state index contributed by atoms with van der Waals surface area (Å²) in [5.74, 6) is 0.187. The molecule has 1 heterocycles. The first kappa shape index (κ1) is 21.0. The Kier molecular flexibility index (Phi) is 8.30. The summed E-state index contributed by atoms with van der Waals surface area (Å²) in [6, 6.07) is 8.51. The zero-order chi connectivity index (χ0) is 15.5. The number of benzene rings is 1. The number of carbonyl (C=O) groups is 1. The van der Waals surface area contributed by atoms with E-state index >= 15 is 0 Å². The smallest absolute Gasteiger partial charge is 0.237 e. The van der Waals surface area contributed by atoms with Crippen molar-refractivity contribution >= 4 is 36.4 Å². The number of nitrogen functional groups attached to an aromatic ring is 1. The van der Waals surface area contributed by atoms with Crippen molar-refractivity contribution in [3.05, 3.63) is 29.8 Å². The molecule has 3 rings (SSSR count). The van der Waals surface area contributed by atoms with Gasteiger partial charge < -0.3 is 11.1 Å². The van der Waals surface area contributed by atoms with Gasteiger partial charge in [0.05, 0.1) is 6.04 Å². The Hall–Kier alpha value is -1.01. The maximum Gasteiger partial charge on any atom is 0.237 e. The third kappa shape index (κ3) is 5.81. The Morgan fingerprint density at radius 2 is 1.92 bits per heavy atom. The van der Waals surface area contributed by atoms with Gasteiger partial charge in [-0.3, -0.25) is 14.6 Å². The molecule has 2 fully saturated rings. The van der Waals surface area contributed by atoms with E-state index in [0.29, 0.717) is 6.04 Å². The molecule has 136 valence electrons. The molecule has 1 aromatic carbocycles. The topological polar surface area (TPSA) is 61.6 Å². The van der Waals surface area contributed by atoms with E-state index in [9.17, 15) is 4.79 Å². The van der Waals surface area contributed by atoms with Crippen molar-refractivity contribution in [2.75, 3.05) is 31.9 Å². The minimum Gasteiger partial charge on any atom is -0.399 e. The van der Waals surface area contributed by atoms with E-state index in [2.05, 4.69) is 21.2 Å². The van der Waals surface area contributed by atoms with E-state index in [1.807, 2.05) is 25.1 Å². The Balaban J connectivity index is 0.00000144. The highest BCUT2D eigenvalue weighted by atomic mass is 35.5. The van der Waals surface area contributed by atoms with Crippen LogP contribution in [0.2, 0.25) is 0 Å². The molecule has 1 atom stereocenters. The summed E-state index contributed by atoms with van der Waals surface area (Å²) in [6.45, 7) is 6.83. The Morgan fingerprint density at radius 1 is 1.25 bits per heavy atom. The monoisotopic (exact) mass is 374 g/mol. The molecule has 1 saturated carbocycles. The molecule has 24 heavy (non-hydrogen) atoms. The van der Waals surface area contributed by atoms with Crippen LogP contribution in [-0.4, -0.2) is 54.0 Å². The molecule has 0 bridgehead atoms. The average Bonchev–Trinajstić information content (AvgIpc) is 3.31. The van der Waals surface area contributed by atoms with Crippen molar-refractivity contribution in [2.45, 2.75) is 38.4 Å². The van der Waals surface area contributed by atoms with Gasteiger partial charge in [0.2, 0.25) is 5.91 Å². The van der Waals surface area contributed by atoms with E-state index in [1.54, 1.807) is 0 Å². The summed E-state index contributed by atoms with van der Waals surface area (Å²) in [7, 11) is 0. The van der Waals surface area contributed by atoms with E-state index in [0.717, 1.165) is 51.3 Å². The fourth-order valence-corrected chi connectivity index (χ4v) is 2.97. The van der Waals surface area contributed by atoms with E-state index in [4.69, 9.17) is 5.73 Å². The average molecular weight is 375 g/mol. The first-order chi connectivity index (χ1) is 10.6. The Labute approximate surface area is 156 Å². The van der Waals surface area contributed by atoms with Gasteiger partial charge in [-0.25, -0.2) is 0 Å². The minimum atomic E-state index is -0.0184. The van der Waals surface area contributed by atoms with Crippen molar-refractivity contribution in [1.29, 1.82) is 0 Å². The summed E-state index contributed by atoms with van der Waals surface area (Å²) in [6.07, 6.45) is 2.29. The fourth-order valence-electron chi connectivity index (χ4n) is 2.97. The van der Waals surface area contributed by atoms with Crippen molar-refractivity contribution in [3.8, 4) is 0 Å². The molecule has 0 spiro atoms. The number of nitrogens with two attached hydrogens (primary N) is 1. The molecule has 3 N–H and O–H groups in total. The lowest BCUT2D eigenvalue weighted by Crippen LogP contribution is -2.53. The number of amides is 1. The van der Waals surface area contributed by atoms with Crippen LogP contribution >= 0.6 is 24.8 Å². The first-order valence-electron chi connectivity index (χ1n) is 8.23. The summed E-state index contributed by atoms with van der Waals surface area (Å²) in [4.78, 5) is 16.8. The van der Waals surface area contributed by atoms with Gasteiger partial charge in [-0.1, -0.05) is 12.1 Å². The number of anilines is 1. The highest BCUT2D eigenvalue weighted by Gasteiger charge is 2.29. The molecule has 1 amide bonds. The fraction of sp³-hybridized carbons (Fsp3) is 0.588. The van der Waals surface area contributed by atoms with Crippen LogP contribution < -0.4 is 11.1 Å². The van der Waals surface area contributed by atoms with Crippen LogP contribution in [0.25, 0.3) is 0 Å². The number of nitrogens with zero attached hydrogens (tertiary/aromatic N) is 2. The van der Waals surface area contributed by atoms with Crippen LogP contribution in [-0.2, 0) is 11.3 Å². The van der Waals surface area contributed by atoms with Gasteiger partial charge >= 0.3 is 0 Å². The van der Waals surface area contributed by atoms with Gasteiger partial charge in [-0.05, 0) is 37.5 Å². The molecule has 1 unspecified atom stereocenters. The Morgan fingerprint density at radius 3 is 2.50 bits per heavy atom. The zero-order valence-electron chi connectivity index (χ0n) is 14.1. The summed E-state index contributed by atoms with van der Waals surface area (Å²) in [5.41, 5.74) is 7.91. The quantitative estimate of drug-likeness (QED) is 0.772. The molecule has 1 aliphatic heterocycles. The summed E-state index contributed by atoms with van der Waals surface area (Å²) < 4.78 is 0. The maximum absolute atomic E-state index is 12.1. The van der Waals surface area contributed by atoms with Crippen LogP contribution in [0.4, 0.5) is 5.69 Å². The molecule has 2 aliphatic rings. The largest absolute Gasteiger partial charge is 0.399 e. The van der Waals surface area contributed by atoms with Crippen molar-refractivity contribution in [1.82, 2.24) is 15.1 Å². The molecule has 7 heteroatoms. The third-order valence-electron chi connectivity index (χ3n) is 4.62. The van der Waals surface area contributed by atoms with Crippen molar-refractivity contribution < 1.29 is 4.79 Å². The minimum absolute atomic E-state index is 0. The third-order valence-corrected chi connectivity index (χ3v) is 4.62. The van der Waals surface area contributed by atoms with Gasteiger partial charge in [0.25, 0.3) is 0 Å². The number of rotatable bonds is 5. The standard InChI is InChI=1S/C17H26N4O.2ClH/c1-13(17(22)19-16-5-6-16)21-9-7-20(8-10-21)12-14-3-2-4-15(18)11-14;;/h2-4,11,13,16H,5-10,12,18H2,1H3,(H,19,22);2*1H. The van der Waals surface area contributed by atoms with E-state index in [1.165, 1.54) is 5.56 Å². The number of hydrogen-bond acceptors (Lipinski definition) is 4. The second-order valence-electron chi connectivity index (χ2n) is 6.52. The van der Waals surface area contributed by atoms with E-state index < -0.39 is 0 Å². The number of hydrogen-bond donors (Lipinski definition) is 2. The molecule has 0 aromatic heterocycles. The lowest BCUT2D eigenvalue weighted by Gasteiger charge is -2.37. The van der Waals surface area contributed by atoms with E-state index in [-0.39, 0.29) is 36.8 Å². The number of halogens is 2. The molecular weight excluding hydrogens is 347 g/mol. The Bertz CT molecular complexity index is 531. The SMILES string of the molecule is CC(C(=O)NC1CC1)N1CCN(Cc2cccc(N)c2)CC1.Cl.Cl. The van der Waals surface area contributed by atoms with Crippen molar-refractivity contribution in [2.24, 2.45) is 0 Å². The van der Waals surface area contributed by atoms with Gasteiger partial charge in [0.1, 0.15) is 0 Å². The molecule has 1 aliphatic carbocycles.